The fourth-order valence-corrected chi connectivity index (χ4v) is 2.52. The Balaban J connectivity index is 1.73. The molecule has 4 nitrogen and oxygen atoms in total. The van der Waals surface area contributed by atoms with E-state index in [-0.39, 0.29) is 5.91 Å². The lowest BCUT2D eigenvalue weighted by Crippen LogP contribution is -2.22. The van der Waals surface area contributed by atoms with Crippen molar-refractivity contribution in [3.8, 4) is 11.8 Å². The number of nitrogens with zero attached hydrogens (tertiary/aromatic N) is 1. The summed E-state index contributed by atoms with van der Waals surface area (Å²) in [6, 6.07) is 20.6. The minimum absolute atomic E-state index is 0.193. The Labute approximate surface area is 140 Å². The van der Waals surface area contributed by atoms with E-state index >= 15 is 0 Å². The normalized spacial score (nSPS) is 10.2. The summed E-state index contributed by atoms with van der Waals surface area (Å²) in [5.74, 6) is 0.628. The minimum Gasteiger partial charge on any atom is -0.497 e. The molecule has 0 bridgehead atoms. The lowest BCUT2D eigenvalue weighted by Gasteiger charge is -2.08. The molecule has 3 aromatic carbocycles. The van der Waals surface area contributed by atoms with Crippen LogP contribution in [0.5, 0.6) is 5.75 Å². The van der Waals surface area contributed by atoms with Crippen molar-refractivity contribution >= 4 is 16.7 Å². The van der Waals surface area contributed by atoms with Crippen LogP contribution in [0, 0.1) is 11.3 Å². The second-order valence-electron chi connectivity index (χ2n) is 5.42. The molecule has 0 fully saturated rings. The number of carbonyl (C=O) groups excluding carboxylic acids is 1. The number of amides is 1. The molecular weight excluding hydrogens is 300 g/mol. The Morgan fingerprint density at radius 1 is 1.08 bits per heavy atom. The highest BCUT2D eigenvalue weighted by atomic mass is 16.5. The van der Waals surface area contributed by atoms with Crippen LogP contribution in [0.25, 0.3) is 10.8 Å². The van der Waals surface area contributed by atoms with Gasteiger partial charge in [0.15, 0.2) is 0 Å². The van der Waals surface area contributed by atoms with Crippen LogP contribution in [0.3, 0.4) is 0 Å². The molecule has 0 heterocycles. The van der Waals surface area contributed by atoms with Crippen molar-refractivity contribution in [3.05, 3.63) is 77.4 Å². The fourth-order valence-electron chi connectivity index (χ4n) is 2.52. The first kappa shape index (κ1) is 15.6. The van der Waals surface area contributed by atoms with Gasteiger partial charge in [-0.25, -0.2) is 0 Å². The average molecular weight is 316 g/mol. The molecule has 3 aromatic rings. The predicted molar refractivity (Wildman–Crippen MR) is 92.8 cm³/mol. The van der Waals surface area contributed by atoms with Gasteiger partial charge >= 0.3 is 0 Å². The van der Waals surface area contributed by atoms with E-state index in [0.717, 1.165) is 22.1 Å². The Morgan fingerprint density at radius 2 is 1.88 bits per heavy atom. The zero-order valence-electron chi connectivity index (χ0n) is 13.2. The zero-order chi connectivity index (χ0) is 16.9. The number of methoxy groups -OCH3 is 1. The van der Waals surface area contributed by atoms with Crippen LogP contribution < -0.4 is 10.1 Å². The number of fused-ring (bicyclic) bond motifs is 1. The smallest absolute Gasteiger partial charge is 0.251 e. The van der Waals surface area contributed by atoms with Crippen molar-refractivity contribution in [2.75, 3.05) is 7.11 Å². The first-order valence-electron chi connectivity index (χ1n) is 7.54. The third-order valence-corrected chi connectivity index (χ3v) is 3.82. The molecule has 4 heteroatoms. The number of hydrogen-bond acceptors (Lipinski definition) is 3. The van der Waals surface area contributed by atoms with Crippen molar-refractivity contribution in [3.63, 3.8) is 0 Å². The number of benzene rings is 3. The van der Waals surface area contributed by atoms with Gasteiger partial charge in [-0.2, -0.15) is 5.26 Å². The van der Waals surface area contributed by atoms with Crippen LogP contribution >= 0.6 is 0 Å². The number of nitriles is 1. The molecule has 0 aliphatic carbocycles. The van der Waals surface area contributed by atoms with Crippen LogP contribution in [0.4, 0.5) is 0 Å². The second kappa shape index (κ2) is 6.84. The summed E-state index contributed by atoms with van der Waals surface area (Å²) in [4.78, 5) is 12.2. The van der Waals surface area contributed by atoms with Crippen LogP contribution in [-0.4, -0.2) is 13.0 Å². The molecule has 0 spiro atoms. The maximum Gasteiger partial charge on any atom is 0.251 e. The van der Waals surface area contributed by atoms with Gasteiger partial charge in [0.1, 0.15) is 5.75 Å². The number of hydrogen-bond donors (Lipinski definition) is 1. The first-order valence-corrected chi connectivity index (χ1v) is 7.54. The highest BCUT2D eigenvalue weighted by Gasteiger charge is 2.06. The van der Waals surface area contributed by atoms with Gasteiger partial charge in [-0.1, -0.05) is 24.3 Å². The number of ether oxygens (including phenoxy) is 1. The molecule has 0 saturated heterocycles. The molecule has 0 unspecified atom stereocenters. The van der Waals surface area contributed by atoms with E-state index in [0.29, 0.717) is 17.7 Å². The fraction of sp³-hybridized carbons (Fsp3) is 0.100. The SMILES string of the molecule is COc1ccc2cc(CNC(=O)c3cccc(C#N)c3)ccc2c1. The quantitative estimate of drug-likeness (QED) is 0.799. The van der Waals surface area contributed by atoms with E-state index in [9.17, 15) is 4.79 Å². The summed E-state index contributed by atoms with van der Waals surface area (Å²) in [5.41, 5.74) is 1.97. The van der Waals surface area contributed by atoms with Crippen LogP contribution in [0.2, 0.25) is 0 Å². The van der Waals surface area contributed by atoms with Gasteiger partial charge in [0.2, 0.25) is 0 Å². The van der Waals surface area contributed by atoms with Crippen molar-refractivity contribution < 1.29 is 9.53 Å². The summed E-state index contributed by atoms with van der Waals surface area (Å²) >= 11 is 0. The Morgan fingerprint density at radius 3 is 2.67 bits per heavy atom. The third-order valence-electron chi connectivity index (χ3n) is 3.82. The highest BCUT2D eigenvalue weighted by molar-refractivity contribution is 5.94. The summed E-state index contributed by atoms with van der Waals surface area (Å²) in [6.07, 6.45) is 0. The summed E-state index contributed by atoms with van der Waals surface area (Å²) in [5, 5.41) is 14.0. The number of carbonyl (C=O) groups is 1. The van der Waals surface area contributed by atoms with Gasteiger partial charge in [-0.05, 0) is 52.7 Å². The molecule has 1 N–H and O–H groups in total. The number of rotatable bonds is 4. The molecule has 0 aliphatic rings. The summed E-state index contributed by atoms with van der Waals surface area (Å²) < 4.78 is 5.22. The van der Waals surface area contributed by atoms with Gasteiger partial charge in [-0.15, -0.1) is 0 Å². The van der Waals surface area contributed by atoms with E-state index < -0.39 is 0 Å². The van der Waals surface area contributed by atoms with E-state index in [1.165, 1.54) is 0 Å². The third kappa shape index (κ3) is 3.36. The molecule has 118 valence electrons. The van der Waals surface area contributed by atoms with Gasteiger partial charge < -0.3 is 10.1 Å². The maximum atomic E-state index is 12.2. The Hall–Kier alpha value is -3.32. The second-order valence-corrected chi connectivity index (χ2v) is 5.42. The van der Waals surface area contributed by atoms with E-state index in [1.54, 1.807) is 31.4 Å². The van der Waals surface area contributed by atoms with Crippen molar-refractivity contribution in [1.82, 2.24) is 5.32 Å². The summed E-state index contributed by atoms with van der Waals surface area (Å²) in [6.45, 7) is 0.428. The van der Waals surface area contributed by atoms with Gasteiger partial charge in [0, 0.05) is 12.1 Å². The lowest BCUT2D eigenvalue weighted by molar-refractivity contribution is 0.0951. The van der Waals surface area contributed by atoms with Crippen molar-refractivity contribution in [2.24, 2.45) is 0 Å². The van der Waals surface area contributed by atoms with Crippen molar-refractivity contribution in [1.29, 1.82) is 5.26 Å². The molecule has 0 aromatic heterocycles. The first-order chi connectivity index (χ1) is 11.7. The minimum atomic E-state index is -0.193. The molecule has 0 saturated carbocycles. The van der Waals surface area contributed by atoms with E-state index in [2.05, 4.69) is 5.32 Å². The standard InChI is InChI=1S/C20H16N2O2/c1-24-19-8-7-16-10-15(5-6-17(16)11-19)13-22-20(23)18-4-2-3-14(9-18)12-21/h2-11H,13H2,1H3,(H,22,23). The molecule has 3 rings (SSSR count). The number of nitrogens with one attached hydrogen (secondary N) is 1. The topological polar surface area (TPSA) is 62.1 Å². The molecule has 0 atom stereocenters. The van der Waals surface area contributed by atoms with Crippen molar-refractivity contribution in [2.45, 2.75) is 6.54 Å². The van der Waals surface area contributed by atoms with E-state index in [1.807, 2.05) is 42.5 Å². The zero-order valence-corrected chi connectivity index (χ0v) is 13.2. The van der Waals surface area contributed by atoms with E-state index in [4.69, 9.17) is 10.00 Å². The molecule has 0 radical (unpaired) electrons. The molecule has 24 heavy (non-hydrogen) atoms. The molecule has 0 aliphatic heterocycles. The van der Waals surface area contributed by atoms with Crippen LogP contribution in [0.15, 0.2) is 60.7 Å². The lowest BCUT2D eigenvalue weighted by atomic mass is 10.1. The van der Waals surface area contributed by atoms with Crippen LogP contribution in [-0.2, 0) is 6.54 Å². The maximum absolute atomic E-state index is 12.2. The van der Waals surface area contributed by atoms with Gasteiger partial charge in [-0.3, -0.25) is 4.79 Å². The average Bonchev–Trinajstić information content (AvgIpc) is 2.65. The molecular formula is C20H16N2O2. The predicted octanol–water partition coefficient (Wildman–Crippen LogP) is 3.65. The van der Waals surface area contributed by atoms with Gasteiger partial charge in [0.25, 0.3) is 5.91 Å². The monoisotopic (exact) mass is 316 g/mol. The highest BCUT2D eigenvalue weighted by Crippen LogP contribution is 2.21. The largest absolute Gasteiger partial charge is 0.497 e. The Kier molecular flexibility index (Phi) is 4.44. The van der Waals surface area contributed by atoms with Gasteiger partial charge in [0.05, 0.1) is 18.7 Å². The summed E-state index contributed by atoms with van der Waals surface area (Å²) in [7, 11) is 1.65. The molecule has 1 amide bonds. The Bertz CT molecular complexity index is 942. The van der Waals surface area contributed by atoms with Crippen LogP contribution in [0.1, 0.15) is 21.5 Å².